The van der Waals surface area contributed by atoms with Crippen LogP contribution in [0.4, 0.5) is 0 Å². The number of rotatable bonds is 6. The maximum atomic E-state index is 12.3. The van der Waals surface area contributed by atoms with Crippen molar-refractivity contribution in [1.82, 2.24) is 15.3 Å². The maximum Gasteiger partial charge on any atom is 0.233 e. The Morgan fingerprint density at radius 2 is 2.29 bits per heavy atom. The molecule has 1 N–H and O–H groups in total. The summed E-state index contributed by atoms with van der Waals surface area (Å²) in [5, 5.41) is 4.55. The lowest BCUT2D eigenvalue weighted by atomic mass is 10.3. The summed E-state index contributed by atoms with van der Waals surface area (Å²) in [6, 6.07) is 5.78. The normalized spacial score (nSPS) is 12.5. The molecule has 3 heterocycles. The number of hydrogen-bond acceptors (Lipinski definition) is 6. The molecule has 0 aliphatic rings. The smallest absolute Gasteiger partial charge is 0.233 e. The van der Waals surface area contributed by atoms with Crippen molar-refractivity contribution in [1.29, 1.82) is 0 Å². The number of thioether (sulfide) groups is 1. The molecule has 0 saturated carbocycles. The van der Waals surface area contributed by atoms with Crippen molar-refractivity contribution in [3.8, 4) is 0 Å². The van der Waals surface area contributed by atoms with Gasteiger partial charge in [-0.3, -0.25) is 4.79 Å². The first-order valence-corrected chi connectivity index (χ1v) is 9.50. The molecule has 1 atom stereocenters. The minimum Gasteiger partial charge on any atom is -0.467 e. The van der Waals surface area contributed by atoms with Gasteiger partial charge in [0.1, 0.15) is 21.4 Å². The highest BCUT2D eigenvalue weighted by Gasteiger charge is 2.18. The minimum absolute atomic E-state index is 0.0354. The molecule has 0 aliphatic carbocycles. The Balaban J connectivity index is 1.73. The summed E-state index contributed by atoms with van der Waals surface area (Å²) in [4.78, 5) is 23.6. The number of hydrogen-bond donors (Lipinski definition) is 1. The maximum absolute atomic E-state index is 12.3. The second-order valence-corrected chi connectivity index (χ2v) is 7.86. The van der Waals surface area contributed by atoms with E-state index in [0.29, 0.717) is 6.54 Å². The topological polar surface area (TPSA) is 68.0 Å². The molecule has 5 nitrogen and oxygen atoms in total. The highest BCUT2D eigenvalue weighted by molar-refractivity contribution is 8.00. The van der Waals surface area contributed by atoms with Crippen LogP contribution in [-0.4, -0.2) is 21.1 Å². The lowest BCUT2D eigenvalue weighted by Gasteiger charge is -2.11. The number of carbonyl (C=O) groups excluding carboxylic acids is 1. The summed E-state index contributed by atoms with van der Waals surface area (Å²) in [6.07, 6.45) is 2.57. The number of aromatic nitrogens is 2. The van der Waals surface area contributed by atoms with Crippen LogP contribution in [0.2, 0.25) is 0 Å². The van der Waals surface area contributed by atoms with Crippen LogP contribution in [0.1, 0.15) is 30.3 Å². The predicted octanol–water partition coefficient (Wildman–Crippen LogP) is 3.95. The Bertz CT molecular complexity index is 843. The van der Waals surface area contributed by atoms with Crippen molar-refractivity contribution < 1.29 is 9.21 Å². The number of amides is 1. The van der Waals surface area contributed by atoms with Gasteiger partial charge in [0, 0.05) is 10.3 Å². The van der Waals surface area contributed by atoms with Crippen LogP contribution in [0.25, 0.3) is 10.2 Å². The van der Waals surface area contributed by atoms with Gasteiger partial charge in [0.15, 0.2) is 0 Å². The van der Waals surface area contributed by atoms with E-state index >= 15 is 0 Å². The first-order chi connectivity index (χ1) is 11.6. The van der Waals surface area contributed by atoms with E-state index in [4.69, 9.17) is 4.42 Å². The molecule has 126 valence electrons. The zero-order valence-corrected chi connectivity index (χ0v) is 15.5. The lowest BCUT2D eigenvalue weighted by molar-refractivity contribution is -0.120. The van der Waals surface area contributed by atoms with E-state index in [0.717, 1.165) is 33.2 Å². The lowest BCUT2D eigenvalue weighted by Crippen LogP contribution is -2.30. The van der Waals surface area contributed by atoms with Gasteiger partial charge < -0.3 is 9.73 Å². The van der Waals surface area contributed by atoms with E-state index in [-0.39, 0.29) is 11.2 Å². The molecule has 1 amide bonds. The number of thiophene rings is 1. The first kappa shape index (κ1) is 17.0. The molecular formula is C17H19N3O2S2. The average molecular weight is 361 g/mol. The molecule has 24 heavy (non-hydrogen) atoms. The molecule has 0 radical (unpaired) electrons. The second-order valence-electron chi connectivity index (χ2n) is 5.42. The Morgan fingerprint density at radius 1 is 1.46 bits per heavy atom. The highest BCUT2D eigenvalue weighted by Crippen LogP contribution is 2.33. The second kappa shape index (κ2) is 7.36. The van der Waals surface area contributed by atoms with Crippen molar-refractivity contribution >= 4 is 39.2 Å². The van der Waals surface area contributed by atoms with Crippen LogP contribution in [0, 0.1) is 6.92 Å². The molecule has 0 bridgehead atoms. The van der Waals surface area contributed by atoms with Gasteiger partial charge in [0.05, 0.1) is 18.1 Å². The molecule has 1 unspecified atom stereocenters. The van der Waals surface area contributed by atoms with Crippen LogP contribution in [0.15, 0.2) is 33.9 Å². The van der Waals surface area contributed by atoms with Gasteiger partial charge in [-0.1, -0.05) is 18.7 Å². The van der Waals surface area contributed by atoms with E-state index in [1.165, 1.54) is 16.6 Å². The van der Waals surface area contributed by atoms with Gasteiger partial charge in [-0.15, -0.1) is 11.3 Å². The zero-order chi connectivity index (χ0) is 17.1. The summed E-state index contributed by atoms with van der Waals surface area (Å²) < 4.78 is 5.23. The summed E-state index contributed by atoms with van der Waals surface area (Å²) in [5.74, 6) is 1.44. The standard InChI is InChI=1S/C17H19N3O2S2/c1-4-13-8-14-16(19-11(3)20-17(14)24-13)23-10(2)15(21)18-9-12-6-5-7-22-12/h5-8,10H,4,9H2,1-3H3,(H,18,21). The van der Waals surface area contributed by atoms with Gasteiger partial charge in [0.2, 0.25) is 5.91 Å². The van der Waals surface area contributed by atoms with Crippen LogP contribution in [0.3, 0.4) is 0 Å². The van der Waals surface area contributed by atoms with Crippen LogP contribution in [0.5, 0.6) is 0 Å². The number of nitrogens with zero attached hydrogens (tertiary/aromatic N) is 2. The van der Waals surface area contributed by atoms with Crippen molar-refractivity contribution in [3.63, 3.8) is 0 Å². The molecule has 3 rings (SSSR count). The van der Waals surface area contributed by atoms with Crippen molar-refractivity contribution in [2.24, 2.45) is 0 Å². The first-order valence-electron chi connectivity index (χ1n) is 7.80. The third kappa shape index (κ3) is 3.79. The molecular weight excluding hydrogens is 342 g/mol. The molecule has 0 aliphatic heterocycles. The fraction of sp³-hybridized carbons (Fsp3) is 0.353. The van der Waals surface area contributed by atoms with Crippen molar-refractivity contribution in [2.45, 2.75) is 44.0 Å². The quantitative estimate of drug-likeness (QED) is 0.532. The molecule has 3 aromatic heterocycles. The number of nitrogens with one attached hydrogen (secondary N) is 1. The Kier molecular flexibility index (Phi) is 5.20. The minimum atomic E-state index is -0.248. The highest BCUT2D eigenvalue weighted by atomic mass is 32.2. The predicted molar refractivity (Wildman–Crippen MR) is 97.4 cm³/mol. The fourth-order valence-corrected chi connectivity index (χ4v) is 4.33. The molecule has 0 saturated heterocycles. The Labute approximate surface area is 148 Å². The monoisotopic (exact) mass is 361 g/mol. The van der Waals surface area contributed by atoms with Crippen LogP contribution < -0.4 is 5.32 Å². The third-order valence-electron chi connectivity index (χ3n) is 3.54. The zero-order valence-electron chi connectivity index (χ0n) is 13.8. The summed E-state index contributed by atoms with van der Waals surface area (Å²) in [6.45, 7) is 6.30. The molecule has 7 heteroatoms. The third-order valence-corrected chi connectivity index (χ3v) is 5.82. The fourth-order valence-electron chi connectivity index (χ4n) is 2.26. The van der Waals surface area contributed by atoms with E-state index in [1.807, 2.05) is 26.0 Å². The van der Waals surface area contributed by atoms with E-state index in [9.17, 15) is 4.79 Å². The number of fused-ring (bicyclic) bond motifs is 1. The molecule has 0 fully saturated rings. The SMILES string of the molecule is CCc1cc2c(SC(C)C(=O)NCc3ccco3)nc(C)nc2s1. The molecule has 0 aromatic carbocycles. The Morgan fingerprint density at radius 3 is 3.00 bits per heavy atom. The molecule has 0 spiro atoms. The summed E-state index contributed by atoms with van der Waals surface area (Å²) in [7, 11) is 0. The van der Waals surface area contributed by atoms with Crippen LogP contribution >= 0.6 is 23.1 Å². The van der Waals surface area contributed by atoms with Gasteiger partial charge >= 0.3 is 0 Å². The van der Waals surface area contributed by atoms with Crippen molar-refractivity contribution in [2.75, 3.05) is 0 Å². The summed E-state index contributed by atoms with van der Waals surface area (Å²) in [5.41, 5.74) is 0. The number of carbonyl (C=O) groups is 1. The van der Waals surface area contributed by atoms with E-state index in [2.05, 4.69) is 28.3 Å². The van der Waals surface area contributed by atoms with E-state index < -0.39 is 0 Å². The van der Waals surface area contributed by atoms with Crippen molar-refractivity contribution in [3.05, 3.63) is 40.9 Å². The summed E-state index contributed by atoms with van der Waals surface area (Å²) >= 11 is 3.16. The largest absolute Gasteiger partial charge is 0.467 e. The van der Waals surface area contributed by atoms with E-state index in [1.54, 1.807) is 17.6 Å². The number of furan rings is 1. The molecule has 3 aromatic rings. The van der Waals surface area contributed by atoms with Gasteiger partial charge in [-0.25, -0.2) is 9.97 Å². The Hall–Kier alpha value is -1.86. The van der Waals surface area contributed by atoms with Gasteiger partial charge in [-0.2, -0.15) is 0 Å². The van der Waals surface area contributed by atoms with Crippen LogP contribution in [-0.2, 0) is 17.8 Å². The number of aryl methyl sites for hydroxylation is 2. The average Bonchev–Trinajstić information content (AvgIpc) is 3.21. The van der Waals surface area contributed by atoms with Gasteiger partial charge in [0.25, 0.3) is 0 Å². The van der Waals surface area contributed by atoms with Gasteiger partial charge in [-0.05, 0) is 38.5 Å².